The van der Waals surface area contributed by atoms with Crippen molar-refractivity contribution in [2.24, 2.45) is 5.41 Å². The number of amides is 1. The van der Waals surface area contributed by atoms with Crippen LogP contribution in [-0.4, -0.2) is 51.7 Å². The Bertz CT molecular complexity index is 875. The Morgan fingerprint density at radius 3 is 2.67 bits per heavy atom. The lowest BCUT2D eigenvalue weighted by molar-refractivity contribution is -0.147. The second-order valence-electron chi connectivity index (χ2n) is 6.96. The quantitative estimate of drug-likeness (QED) is 0.788. The van der Waals surface area contributed by atoms with Crippen LogP contribution in [0.5, 0.6) is 11.5 Å². The Morgan fingerprint density at radius 2 is 1.96 bits per heavy atom. The van der Waals surface area contributed by atoms with Gasteiger partial charge in [0, 0.05) is 12.6 Å². The van der Waals surface area contributed by atoms with E-state index in [1.54, 1.807) is 37.6 Å². The lowest BCUT2D eigenvalue weighted by atomic mass is 9.90. The van der Waals surface area contributed by atoms with Crippen LogP contribution in [0.15, 0.2) is 18.2 Å². The highest BCUT2D eigenvalue weighted by atomic mass is 16.6. The number of aromatic nitrogens is 3. The normalized spacial score (nSPS) is 13.3. The molecule has 144 valence electrons. The van der Waals surface area contributed by atoms with Crippen molar-refractivity contribution in [2.45, 2.75) is 27.2 Å². The Kier molecular flexibility index (Phi) is 5.02. The number of benzene rings is 1. The van der Waals surface area contributed by atoms with Gasteiger partial charge in [-0.1, -0.05) is 5.21 Å². The van der Waals surface area contributed by atoms with Crippen LogP contribution in [-0.2, 0) is 4.79 Å². The molecule has 0 atom stereocenters. The van der Waals surface area contributed by atoms with Crippen LogP contribution in [0.25, 0.3) is 5.69 Å². The number of rotatable bonds is 6. The number of hydrogen-bond acceptors (Lipinski definition) is 6. The fourth-order valence-corrected chi connectivity index (χ4v) is 2.63. The molecular weight excluding hydrogens is 352 g/mol. The van der Waals surface area contributed by atoms with E-state index in [0.29, 0.717) is 42.5 Å². The van der Waals surface area contributed by atoms with Crippen molar-refractivity contribution in [1.29, 1.82) is 0 Å². The van der Waals surface area contributed by atoms with Crippen molar-refractivity contribution in [3.8, 4) is 17.2 Å². The van der Waals surface area contributed by atoms with Crippen molar-refractivity contribution in [3.63, 3.8) is 0 Å². The molecule has 1 aliphatic rings. The lowest BCUT2D eigenvalue weighted by Gasteiger charge is -2.19. The number of carboxylic acid groups (broad SMARTS) is 1. The van der Waals surface area contributed by atoms with E-state index in [0.717, 1.165) is 0 Å². The summed E-state index contributed by atoms with van der Waals surface area (Å²) >= 11 is 0. The van der Waals surface area contributed by atoms with E-state index in [2.05, 4.69) is 15.6 Å². The molecular formula is C18H22N4O5. The molecule has 2 heterocycles. The highest BCUT2D eigenvalue weighted by Gasteiger charge is 2.27. The molecule has 1 aromatic heterocycles. The van der Waals surface area contributed by atoms with Crippen molar-refractivity contribution in [1.82, 2.24) is 20.3 Å². The monoisotopic (exact) mass is 374 g/mol. The van der Waals surface area contributed by atoms with Gasteiger partial charge in [0.25, 0.3) is 5.91 Å². The van der Waals surface area contributed by atoms with Gasteiger partial charge in [-0.05, 0) is 39.3 Å². The first-order valence-electron chi connectivity index (χ1n) is 8.63. The van der Waals surface area contributed by atoms with Crippen molar-refractivity contribution in [3.05, 3.63) is 29.6 Å². The summed E-state index contributed by atoms with van der Waals surface area (Å²) in [6, 6.07) is 5.39. The van der Waals surface area contributed by atoms with Crippen LogP contribution in [0.1, 0.15) is 36.5 Å². The minimum absolute atomic E-state index is 0.193. The predicted molar refractivity (Wildman–Crippen MR) is 95.5 cm³/mol. The van der Waals surface area contributed by atoms with Gasteiger partial charge < -0.3 is 19.9 Å². The van der Waals surface area contributed by atoms with E-state index in [9.17, 15) is 9.59 Å². The van der Waals surface area contributed by atoms with E-state index < -0.39 is 17.3 Å². The summed E-state index contributed by atoms with van der Waals surface area (Å²) in [6.45, 7) is 6.20. The Hall–Kier alpha value is -3.10. The SMILES string of the molecule is Cc1c(C(=O)NCCC(C)(C)C(=O)O)nnn1-c1ccc2c(c1)OCCO2. The van der Waals surface area contributed by atoms with Gasteiger partial charge in [-0.15, -0.1) is 5.10 Å². The molecule has 0 radical (unpaired) electrons. The number of fused-ring (bicyclic) bond motifs is 1. The molecule has 1 amide bonds. The maximum atomic E-state index is 12.4. The van der Waals surface area contributed by atoms with Gasteiger partial charge in [0.15, 0.2) is 17.2 Å². The average Bonchev–Trinajstić information content (AvgIpc) is 3.02. The fourth-order valence-electron chi connectivity index (χ4n) is 2.63. The van der Waals surface area contributed by atoms with Crippen LogP contribution in [0.4, 0.5) is 0 Å². The molecule has 1 aromatic carbocycles. The molecule has 27 heavy (non-hydrogen) atoms. The summed E-state index contributed by atoms with van der Waals surface area (Å²) in [7, 11) is 0. The fraction of sp³-hybridized carbons (Fsp3) is 0.444. The maximum Gasteiger partial charge on any atom is 0.309 e. The zero-order valence-corrected chi connectivity index (χ0v) is 15.5. The summed E-state index contributed by atoms with van der Waals surface area (Å²) in [5.74, 6) is -0.00713. The smallest absolute Gasteiger partial charge is 0.309 e. The van der Waals surface area contributed by atoms with Gasteiger partial charge in [0.05, 0.1) is 16.8 Å². The third-order valence-electron chi connectivity index (χ3n) is 4.49. The molecule has 0 saturated carbocycles. The molecule has 1 aliphatic heterocycles. The summed E-state index contributed by atoms with van der Waals surface area (Å²) < 4.78 is 12.6. The third kappa shape index (κ3) is 3.86. The van der Waals surface area contributed by atoms with Crippen LogP contribution in [0, 0.1) is 12.3 Å². The molecule has 0 spiro atoms. The standard InChI is InChI=1S/C18H22N4O5/c1-11-15(16(23)19-7-6-18(2,3)17(24)25)20-21-22(11)12-4-5-13-14(10-12)27-9-8-26-13/h4-5,10H,6-9H2,1-3H3,(H,19,23)(H,24,25). The Balaban J connectivity index is 1.71. The van der Waals surface area contributed by atoms with Crippen LogP contribution in [0.3, 0.4) is 0 Å². The molecule has 3 rings (SSSR count). The first-order chi connectivity index (χ1) is 12.8. The van der Waals surface area contributed by atoms with Gasteiger partial charge >= 0.3 is 5.97 Å². The van der Waals surface area contributed by atoms with Gasteiger partial charge in [0.1, 0.15) is 13.2 Å². The molecule has 0 bridgehead atoms. The highest BCUT2D eigenvalue weighted by molar-refractivity contribution is 5.93. The van der Waals surface area contributed by atoms with Crippen LogP contribution < -0.4 is 14.8 Å². The lowest BCUT2D eigenvalue weighted by Crippen LogP contribution is -2.32. The first kappa shape index (κ1) is 18.7. The minimum Gasteiger partial charge on any atom is -0.486 e. The zero-order chi connectivity index (χ0) is 19.6. The van der Waals surface area contributed by atoms with E-state index in [4.69, 9.17) is 14.6 Å². The van der Waals surface area contributed by atoms with Gasteiger partial charge in [-0.25, -0.2) is 4.68 Å². The molecule has 2 N–H and O–H groups in total. The molecule has 0 saturated heterocycles. The summed E-state index contributed by atoms with van der Waals surface area (Å²) in [5.41, 5.74) is 0.556. The van der Waals surface area contributed by atoms with E-state index >= 15 is 0 Å². The van der Waals surface area contributed by atoms with Crippen molar-refractivity contribution < 1.29 is 24.2 Å². The number of aliphatic carboxylic acids is 1. The second kappa shape index (κ2) is 7.26. The van der Waals surface area contributed by atoms with Gasteiger partial charge in [0.2, 0.25) is 0 Å². The molecule has 0 unspecified atom stereocenters. The number of nitrogens with zero attached hydrogens (tertiary/aromatic N) is 3. The highest BCUT2D eigenvalue weighted by Crippen LogP contribution is 2.32. The summed E-state index contributed by atoms with van der Waals surface area (Å²) in [4.78, 5) is 23.5. The zero-order valence-electron chi connectivity index (χ0n) is 15.5. The number of hydrogen-bond donors (Lipinski definition) is 2. The average molecular weight is 374 g/mol. The van der Waals surface area contributed by atoms with Crippen LogP contribution >= 0.6 is 0 Å². The Labute approximate surface area is 156 Å². The number of carbonyl (C=O) groups excluding carboxylic acids is 1. The summed E-state index contributed by atoms with van der Waals surface area (Å²) in [6.07, 6.45) is 0.309. The number of carboxylic acids is 1. The third-order valence-corrected chi connectivity index (χ3v) is 4.49. The predicted octanol–water partition coefficient (Wildman–Crippen LogP) is 1.58. The topological polar surface area (TPSA) is 116 Å². The maximum absolute atomic E-state index is 12.4. The first-order valence-corrected chi connectivity index (χ1v) is 8.63. The van der Waals surface area contributed by atoms with Crippen molar-refractivity contribution >= 4 is 11.9 Å². The second-order valence-corrected chi connectivity index (χ2v) is 6.96. The van der Waals surface area contributed by atoms with Gasteiger partial charge in [-0.2, -0.15) is 0 Å². The largest absolute Gasteiger partial charge is 0.486 e. The molecule has 9 nitrogen and oxygen atoms in total. The Morgan fingerprint density at radius 1 is 1.26 bits per heavy atom. The number of ether oxygens (including phenoxy) is 2. The number of carbonyl (C=O) groups is 2. The molecule has 9 heteroatoms. The van der Waals surface area contributed by atoms with E-state index in [-0.39, 0.29) is 12.2 Å². The molecule has 2 aromatic rings. The van der Waals surface area contributed by atoms with Crippen molar-refractivity contribution in [2.75, 3.05) is 19.8 Å². The number of nitrogens with one attached hydrogen (secondary N) is 1. The molecule has 0 fully saturated rings. The molecule has 0 aliphatic carbocycles. The van der Waals surface area contributed by atoms with Crippen LogP contribution in [0.2, 0.25) is 0 Å². The van der Waals surface area contributed by atoms with E-state index in [1.807, 2.05) is 6.07 Å². The minimum atomic E-state index is -0.912. The van der Waals surface area contributed by atoms with Gasteiger partial charge in [-0.3, -0.25) is 9.59 Å². The summed E-state index contributed by atoms with van der Waals surface area (Å²) in [5, 5.41) is 19.8. The van der Waals surface area contributed by atoms with E-state index in [1.165, 1.54) is 0 Å².